The van der Waals surface area contributed by atoms with E-state index in [1.165, 1.54) is 6.07 Å². The van der Waals surface area contributed by atoms with Crippen molar-refractivity contribution in [1.29, 1.82) is 0 Å². The summed E-state index contributed by atoms with van der Waals surface area (Å²) < 4.78 is 0. The van der Waals surface area contributed by atoms with Crippen LogP contribution in [0.1, 0.15) is 6.42 Å². The molecule has 0 saturated carbocycles. The Kier molecular flexibility index (Phi) is 5.57. The Morgan fingerprint density at radius 1 is 1.12 bits per heavy atom. The van der Waals surface area contributed by atoms with Crippen molar-refractivity contribution in [3.05, 3.63) is 52.8 Å². The lowest BCUT2D eigenvalue weighted by Gasteiger charge is -2.34. The van der Waals surface area contributed by atoms with Crippen molar-refractivity contribution in [3.63, 3.8) is 0 Å². The van der Waals surface area contributed by atoms with Crippen LogP contribution in [0.15, 0.2) is 42.7 Å². The van der Waals surface area contributed by atoms with E-state index in [0.29, 0.717) is 44.4 Å². The van der Waals surface area contributed by atoms with Crippen molar-refractivity contribution in [2.75, 3.05) is 42.9 Å². The summed E-state index contributed by atoms with van der Waals surface area (Å²) in [5, 5.41) is 14.0. The Morgan fingerprint density at radius 2 is 1.81 bits per heavy atom. The fourth-order valence-corrected chi connectivity index (χ4v) is 2.85. The first-order valence-electron chi connectivity index (χ1n) is 8.42. The monoisotopic (exact) mass is 356 g/mol. The summed E-state index contributed by atoms with van der Waals surface area (Å²) >= 11 is 0. The molecule has 1 fully saturated rings. The third kappa shape index (κ3) is 4.24. The molecule has 1 aliphatic heterocycles. The highest BCUT2D eigenvalue weighted by Crippen LogP contribution is 2.23. The smallest absolute Gasteiger partial charge is 0.292 e. The number of nitrogens with one attached hydrogen (secondary N) is 1. The first-order valence-corrected chi connectivity index (χ1v) is 8.42. The van der Waals surface area contributed by atoms with Crippen LogP contribution in [-0.2, 0) is 4.79 Å². The van der Waals surface area contributed by atoms with Crippen LogP contribution in [-0.4, -0.2) is 58.4 Å². The minimum Gasteiger partial charge on any atom is -0.379 e. The maximum Gasteiger partial charge on any atom is 0.292 e. The number of amides is 1. The molecule has 0 spiro atoms. The van der Waals surface area contributed by atoms with Crippen LogP contribution in [0.4, 0.5) is 17.3 Å². The largest absolute Gasteiger partial charge is 0.379 e. The van der Waals surface area contributed by atoms with Gasteiger partial charge in [0.1, 0.15) is 5.69 Å². The number of anilines is 2. The lowest BCUT2D eigenvalue weighted by atomic mass is 10.2. The minimum atomic E-state index is -0.435. The average molecular weight is 356 g/mol. The van der Waals surface area contributed by atoms with Gasteiger partial charge in [0.25, 0.3) is 5.69 Å². The van der Waals surface area contributed by atoms with Gasteiger partial charge >= 0.3 is 0 Å². The SMILES string of the molecule is O=C(CCNc1ccccc1[N+](=O)[O-])N1CCN(c2ncccn2)CC1. The van der Waals surface area contributed by atoms with E-state index in [9.17, 15) is 14.9 Å². The van der Waals surface area contributed by atoms with Crippen LogP contribution >= 0.6 is 0 Å². The Hall–Kier alpha value is -3.23. The summed E-state index contributed by atoms with van der Waals surface area (Å²) in [4.78, 5) is 35.2. The molecule has 1 aromatic carbocycles. The molecule has 1 N–H and O–H groups in total. The number of carbonyl (C=O) groups excluding carboxylic acids is 1. The van der Waals surface area contributed by atoms with Crippen molar-refractivity contribution in [2.24, 2.45) is 0 Å². The number of hydrogen-bond donors (Lipinski definition) is 1. The van der Waals surface area contributed by atoms with Gasteiger partial charge in [-0.3, -0.25) is 14.9 Å². The van der Waals surface area contributed by atoms with E-state index < -0.39 is 4.92 Å². The third-order valence-corrected chi connectivity index (χ3v) is 4.22. The van der Waals surface area contributed by atoms with E-state index in [2.05, 4.69) is 20.2 Å². The molecule has 0 bridgehead atoms. The van der Waals surface area contributed by atoms with Crippen molar-refractivity contribution in [1.82, 2.24) is 14.9 Å². The van der Waals surface area contributed by atoms with Gasteiger partial charge in [-0.05, 0) is 12.1 Å². The summed E-state index contributed by atoms with van der Waals surface area (Å²) in [5.41, 5.74) is 0.438. The summed E-state index contributed by atoms with van der Waals surface area (Å²) in [6, 6.07) is 8.19. The lowest BCUT2D eigenvalue weighted by Crippen LogP contribution is -2.49. The van der Waals surface area contributed by atoms with Crippen molar-refractivity contribution >= 4 is 23.2 Å². The molecular weight excluding hydrogens is 336 g/mol. The molecule has 0 atom stereocenters. The molecule has 1 aliphatic rings. The van der Waals surface area contributed by atoms with Gasteiger partial charge < -0.3 is 15.1 Å². The van der Waals surface area contributed by atoms with Crippen molar-refractivity contribution in [2.45, 2.75) is 6.42 Å². The van der Waals surface area contributed by atoms with Crippen LogP contribution in [0.5, 0.6) is 0 Å². The van der Waals surface area contributed by atoms with E-state index in [1.807, 2.05) is 0 Å². The number of nitro groups is 1. The fraction of sp³-hybridized carbons (Fsp3) is 0.353. The Morgan fingerprint density at radius 3 is 2.50 bits per heavy atom. The van der Waals surface area contributed by atoms with Gasteiger partial charge in [0, 0.05) is 57.6 Å². The summed E-state index contributed by atoms with van der Waals surface area (Å²) in [6.07, 6.45) is 3.69. The van der Waals surface area contributed by atoms with Crippen LogP contribution in [0.3, 0.4) is 0 Å². The van der Waals surface area contributed by atoms with Crippen LogP contribution < -0.4 is 10.2 Å². The van der Waals surface area contributed by atoms with Gasteiger partial charge in [-0.2, -0.15) is 0 Å². The zero-order valence-corrected chi connectivity index (χ0v) is 14.2. The van der Waals surface area contributed by atoms with Crippen LogP contribution in [0, 0.1) is 10.1 Å². The van der Waals surface area contributed by atoms with Crippen LogP contribution in [0.2, 0.25) is 0 Å². The van der Waals surface area contributed by atoms with E-state index in [1.54, 1.807) is 41.6 Å². The van der Waals surface area contributed by atoms with Gasteiger partial charge in [-0.15, -0.1) is 0 Å². The molecule has 9 nitrogen and oxygen atoms in total. The van der Waals surface area contributed by atoms with Gasteiger partial charge in [-0.25, -0.2) is 9.97 Å². The highest BCUT2D eigenvalue weighted by Gasteiger charge is 2.22. The average Bonchev–Trinajstić information content (AvgIpc) is 2.69. The number of rotatable bonds is 6. The molecule has 1 saturated heterocycles. The van der Waals surface area contributed by atoms with E-state index >= 15 is 0 Å². The fourth-order valence-electron chi connectivity index (χ4n) is 2.85. The second kappa shape index (κ2) is 8.24. The Labute approximate surface area is 150 Å². The van der Waals surface area contributed by atoms with E-state index in [0.717, 1.165) is 0 Å². The molecule has 9 heteroatoms. The number of para-hydroxylation sites is 2. The maximum absolute atomic E-state index is 12.4. The maximum atomic E-state index is 12.4. The molecule has 2 heterocycles. The molecule has 0 radical (unpaired) electrons. The number of carbonyl (C=O) groups is 1. The number of hydrogen-bond acceptors (Lipinski definition) is 7. The number of nitro benzene ring substituents is 1. The molecular formula is C17H20N6O3. The van der Waals surface area contributed by atoms with Gasteiger partial charge in [0.2, 0.25) is 11.9 Å². The summed E-state index contributed by atoms with van der Waals surface area (Å²) in [6.45, 7) is 2.96. The number of aromatic nitrogens is 2. The van der Waals surface area contributed by atoms with E-state index in [4.69, 9.17) is 0 Å². The Balaban J connectivity index is 1.46. The lowest BCUT2D eigenvalue weighted by molar-refractivity contribution is -0.384. The molecule has 3 rings (SSSR count). The molecule has 0 aliphatic carbocycles. The molecule has 136 valence electrons. The van der Waals surface area contributed by atoms with E-state index in [-0.39, 0.29) is 18.0 Å². The molecule has 2 aromatic rings. The van der Waals surface area contributed by atoms with Crippen molar-refractivity contribution in [3.8, 4) is 0 Å². The van der Waals surface area contributed by atoms with Crippen LogP contribution in [0.25, 0.3) is 0 Å². The molecule has 1 aromatic heterocycles. The van der Waals surface area contributed by atoms with Crippen molar-refractivity contribution < 1.29 is 9.72 Å². The number of benzene rings is 1. The topological polar surface area (TPSA) is 104 Å². The second-order valence-corrected chi connectivity index (χ2v) is 5.87. The predicted molar refractivity (Wildman–Crippen MR) is 97.0 cm³/mol. The van der Waals surface area contributed by atoms with Gasteiger partial charge in [-0.1, -0.05) is 12.1 Å². The first kappa shape index (κ1) is 17.6. The summed E-state index contributed by atoms with van der Waals surface area (Å²) in [5.74, 6) is 0.711. The van der Waals surface area contributed by atoms with Gasteiger partial charge in [0.05, 0.1) is 4.92 Å². The molecule has 0 unspecified atom stereocenters. The Bertz CT molecular complexity index is 762. The summed E-state index contributed by atoms with van der Waals surface area (Å²) in [7, 11) is 0. The number of nitrogens with zero attached hydrogens (tertiary/aromatic N) is 5. The zero-order valence-electron chi connectivity index (χ0n) is 14.2. The highest BCUT2D eigenvalue weighted by atomic mass is 16.6. The molecule has 1 amide bonds. The standard InChI is InChI=1S/C17H20N6O3/c24-16(6-9-18-14-4-1-2-5-15(14)23(25)26)21-10-12-22(13-11-21)17-19-7-3-8-20-17/h1-5,7-8,18H,6,9-13H2. The third-order valence-electron chi connectivity index (χ3n) is 4.22. The highest BCUT2D eigenvalue weighted by molar-refractivity contribution is 5.77. The van der Waals surface area contributed by atoms with Gasteiger partial charge in [0.15, 0.2) is 0 Å². The normalized spacial score (nSPS) is 14.2. The quantitative estimate of drug-likeness (QED) is 0.618. The zero-order chi connectivity index (χ0) is 18.4. The second-order valence-electron chi connectivity index (χ2n) is 5.87. The minimum absolute atomic E-state index is 0.0106. The number of piperazine rings is 1. The first-order chi connectivity index (χ1) is 12.6. The predicted octanol–water partition coefficient (Wildman–Crippen LogP) is 1.54. The molecule has 26 heavy (non-hydrogen) atoms.